The van der Waals surface area contributed by atoms with Gasteiger partial charge in [-0.3, -0.25) is 0 Å². The van der Waals surface area contributed by atoms with Crippen molar-refractivity contribution in [2.45, 2.75) is 26.2 Å². The molecule has 2 aromatic carbocycles. The van der Waals surface area contributed by atoms with Crippen molar-refractivity contribution in [1.29, 1.82) is 0 Å². The van der Waals surface area contributed by atoms with Crippen molar-refractivity contribution in [3.8, 4) is 0 Å². The van der Waals surface area contributed by atoms with Crippen molar-refractivity contribution in [1.82, 2.24) is 0 Å². The number of fused-ring (bicyclic) bond motifs is 1. The lowest BCUT2D eigenvalue weighted by Crippen LogP contribution is -2.13. The molecule has 20 heavy (non-hydrogen) atoms. The molecule has 3 rings (SSSR count). The zero-order chi connectivity index (χ0) is 14.3. The predicted octanol–water partition coefficient (Wildman–Crippen LogP) is 4.60. The Labute approximate surface area is 135 Å². The lowest BCUT2D eigenvalue weighted by atomic mass is 9.96. The van der Waals surface area contributed by atoms with E-state index in [0.29, 0.717) is 13.2 Å². The van der Waals surface area contributed by atoms with E-state index in [9.17, 15) is 0 Å². The maximum Gasteiger partial charge on any atom is 0.0725 e. The maximum absolute atomic E-state index is 6.44. The number of hydrogen-bond acceptors (Lipinski definition) is 2. The number of rotatable bonds is 2. The Bertz CT molecular complexity index is 670. The van der Waals surface area contributed by atoms with Gasteiger partial charge in [-0.15, -0.1) is 0 Å². The molecule has 0 saturated heterocycles. The van der Waals surface area contributed by atoms with Crippen LogP contribution in [0.25, 0.3) is 0 Å². The highest BCUT2D eigenvalue weighted by Crippen LogP contribution is 2.33. The number of nitrogens with two attached hydrogens (primary N) is 1. The van der Waals surface area contributed by atoms with Gasteiger partial charge >= 0.3 is 0 Å². The third-order valence-corrected chi connectivity index (χ3v) is 5.26. The molecule has 0 aliphatic carbocycles. The Balaban J connectivity index is 2.00. The van der Waals surface area contributed by atoms with Gasteiger partial charge in [0.1, 0.15) is 0 Å². The topological polar surface area (TPSA) is 35.2 Å². The van der Waals surface area contributed by atoms with E-state index in [1.54, 1.807) is 0 Å². The Morgan fingerprint density at radius 3 is 2.60 bits per heavy atom. The summed E-state index contributed by atoms with van der Waals surface area (Å²) in [7, 11) is 0. The van der Waals surface area contributed by atoms with Crippen LogP contribution in [0.5, 0.6) is 0 Å². The normalized spacial score (nSPS) is 15.2. The van der Waals surface area contributed by atoms with Crippen LogP contribution in [-0.2, 0) is 18.0 Å². The molecule has 4 heteroatoms. The van der Waals surface area contributed by atoms with Gasteiger partial charge in [0.25, 0.3) is 0 Å². The maximum atomic E-state index is 6.44. The summed E-state index contributed by atoms with van der Waals surface area (Å²) >= 11 is 7.19. The van der Waals surface area contributed by atoms with Crippen molar-refractivity contribution < 1.29 is 4.74 Å². The van der Waals surface area contributed by atoms with Gasteiger partial charge in [0.05, 0.1) is 19.3 Å². The van der Waals surface area contributed by atoms with Gasteiger partial charge in [-0.1, -0.05) is 50.1 Å². The highest BCUT2D eigenvalue weighted by atomic mass is 79.9. The fraction of sp³-hybridized carbons (Fsp3) is 0.250. The molecule has 0 saturated carbocycles. The molecule has 1 heterocycles. The van der Waals surface area contributed by atoms with E-state index in [1.807, 2.05) is 0 Å². The molecule has 0 amide bonds. The third-order valence-electron chi connectivity index (χ3n) is 3.72. The molecular formula is C16H15Br2NO. The van der Waals surface area contributed by atoms with Crippen LogP contribution in [0, 0.1) is 6.92 Å². The minimum Gasteiger partial charge on any atom is -0.372 e. The van der Waals surface area contributed by atoms with E-state index in [4.69, 9.17) is 10.5 Å². The van der Waals surface area contributed by atoms with Crippen LogP contribution < -0.4 is 5.73 Å². The van der Waals surface area contributed by atoms with Crippen LogP contribution in [0.15, 0.2) is 39.3 Å². The lowest BCUT2D eigenvalue weighted by Gasteiger charge is -2.17. The lowest BCUT2D eigenvalue weighted by molar-refractivity contribution is 0.134. The molecule has 0 spiro atoms. The highest BCUT2D eigenvalue weighted by molar-refractivity contribution is 9.11. The van der Waals surface area contributed by atoms with Crippen LogP contribution in [-0.4, -0.2) is 0 Å². The Kier molecular flexibility index (Phi) is 4.00. The minimum absolute atomic E-state index is 0.146. The van der Waals surface area contributed by atoms with Gasteiger partial charge in [0.15, 0.2) is 0 Å². The van der Waals surface area contributed by atoms with Gasteiger partial charge in [0.2, 0.25) is 0 Å². The standard InChI is InChI=1S/C16H15Br2NO/c1-9-4-15(18)13(6-14(9)17)16(19)10-2-3-11-7-20-8-12(11)5-10/h2-6,16H,7-8,19H2,1H3. The Morgan fingerprint density at radius 1 is 1.05 bits per heavy atom. The summed E-state index contributed by atoms with van der Waals surface area (Å²) in [6.45, 7) is 3.47. The third kappa shape index (κ3) is 2.58. The molecule has 2 aromatic rings. The number of halogens is 2. The molecule has 0 bridgehead atoms. The molecule has 0 aromatic heterocycles. The Morgan fingerprint density at radius 2 is 1.80 bits per heavy atom. The van der Waals surface area contributed by atoms with E-state index in [-0.39, 0.29) is 6.04 Å². The summed E-state index contributed by atoms with van der Waals surface area (Å²) in [5, 5.41) is 0. The molecular weight excluding hydrogens is 382 g/mol. The van der Waals surface area contributed by atoms with Crippen LogP contribution in [0.1, 0.15) is 33.9 Å². The second-order valence-corrected chi connectivity index (χ2v) is 6.83. The van der Waals surface area contributed by atoms with E-state index >= 15 is 0 Å². The first-order valence-electron chi connectivity index (χ1n) is 6.47. The van der Waals surface area contributed by atoms with E-state index in [0.717, 1.165) is 20.1 Å². The summed E-state index contributed by atoms with van der Waals surface area (Å²) in [5.74, 6) is 0. The SMILES string of the molecule is Cc1cc(Br)c(C(N)c2ccc3c(c2)COC3)cc1Br. The number of ether oxygens (including phenoxy) is 1. The molecule has 2 nitrogen and oxygen atoms in total. The first kappa shape index (κ1) is 14.3. The van der Waals surface area contributed by atoms with Gasteiger partial charge in [-0.2, -0.15) is 0 Å². The summed E-state index contributed by atoms with van der Waals surface area (Å²) in [5.41, 5.74) is 12.3. The second-order valence-electron chi connectivity index (χ2n) is 5.12. The van der Waals surface area contributed by atoms with Crippen molar-refractivity contribution in [2.24, 2.45) is 5.73 Å². The van der Waals surface area contributed by atoms with Crippen LogP contribution in [0.2, 0.25) is 0 Å². The zero-order valence-corrected chi connectivity index (χ0v) is 14.3. The zero-order valence-electron chi connectivity index (χ0n) is 11.1. The second kappa shape index (κ2) is 5.60. The molecule has 0 radical (unpaired) electrons. The molecule has 1 aliphatic rings. The Hall–Kier alpha value is -0.680. The number of benzene rings is 2. The highest BCUT2D eigenvalue weighted by Gasteiger charge is 2.17. The first-order chi connectivity index (χ1) is 9.56. The van der Waals surface area contributed by atoms with Crippen LogP contribution in [0.4, 0.5) is 0 Å². The predicted molar refractivity (Wildman–Crippen MR) is 87.5 cm³/mol. The molecule has 1 atom stereocenters. The molecule has 2 N–H and O–H groups in total. The minimum atomic E-state index is -0.146. The van der Waals surface area contributed by atoms with Gasteiger partial charge in [-0.25, -0.2) is 0 Å². The molecule has 104 valence electrons. The fourth-order valence-corrected chi connectivity index (χ4v) is 3.53. The summed E-state index contributed by atoms with van der Waals surface area (Å²) in [6.07, 6.45) is 0. The summed E-state index contributed by atoms with van der Waals surface area (Å²) in [4.78, 5) is 0. The van der Waals surface area contributed by atoms with E-state index in [1.165, 1.54) is 16.7 Å². The smallest absolute Gasteiger partial charge is 0.0725 e. The monoisotopic (exact) mass is 395 g/mol. The van der Waals surface area contributed by atoms with Crippen LogP contribution >= 0.6 is 31.9 Å². The average Bonchev–Trinajstić information content (AvgIpc) is 2.89. The van der Waals surface area contributed by atoms with Crippen molar-refractivity contribution >= 4 is 31.9 Å². The largest absolute Gasteiger partial charge is 0.372 e. The van der Waals surface area contributed by atoms with Gasteiger partial charge < -0.3 is 10.5 Å². The number of aryl methyl sites for hydroxylation is 1. The van der Waals surface area contributed by atoms with Crippen molar-refractivity contribution in [2.75, 3.05) is 0 Å². The van der Waals surface area contributed by atoms with Crippen molar-refractivity contribution in [3.63, 3.8) is 0 Å². The van der Waals surface area contributed by atoms with Crippen LogP contribution in [0.3, 0.4) is 0 Å². The quantitative estimate of drug-likeness (QED) is 0.805. The van der Waals surface area contributed by atoms with Crippen molar-refractivity contribution in [3.05, 3.63) is 67.1 Å². The first-order valence-corrected chi connectivity index (χ1v) is 8.05. The van der Waals surface area contributed by atoms with Gasteiger partial charge in [0, 0.05) is 8.95 Å². The van der Waals surface area contributed by atoms with E-state index < -0.39 is 0 Å². The molecule has 1 aliphatic heterocycles. The average molecular weight is 397 g/mol. The van der Waals surface area contributed by atoms with Gasteiger partial charge in [-0.05, 0) is 46.9 Å². The number of hydrogen-bond donors (Lipinski definition) is 1. The molecule has 1 unspecified atom stereocenters. The van der Waals surface area contributed by atoms with E-state index in [2.05, 4.69) is 69.1 Å². The summed E-state index contributed by atoms with van der Waals surface area (Å²) < 4.78 is 7.58. The fourth-order valence-electron chi connectivity index (χ4n) is 2.46. The molecule has 0 fully saturated rings. The summed E-state index contributed by atoms with van der Waals surface area (Å²) in [6, 6.07) is 10.4.